The summed E-state index contributed by atoms with van der Waals surface area (Å²) in [5.74, 6) is -4.03. The SMILES string of the molecule is CNC1CCC(O)(c2ccc(F)c(F)c2F)CC1. The second-order valence-electron chi connectivity index (χ2n) is 4.82. The zero-order valence-corrected chi connectivity index (χ0v) is 10.1. The molecule has 0 bridgehead atoms. The summed E-state index contributed by atoms with van der Waals surface area (Å²) in [6.45, 7) is 0. The molecule has 0 amide bonds. The molecule has 18 heavy (non-hydrogen) atoms. The van der Waals surface area contributed by atoms with Crippen LogP contribution in [0, 0.1) is 17.5 Å². The van der Waals surface area contributed by atoms with E-state index in [-0.39, 0.29) is 11.6 Å². The van der Waals surface area contributed by atoms with Gasteiger partial charge in [-0.2, -0.15) is 0 Å². The van der Waals surface area contributed by atoms with Gasteiger partial charge in [-0.25, -0.2) is 13.2 Å². The van der Waals surface area contributed by atoms with Crippen LogP contribution in [0.1, 0.15) is 31.2 Å². The van der Waals surface area contributed by atoms with E-state index in [1.807, 2.05) is 7.05 Å². The van der Waals surface area contributed by atoms with E-state index in [4.69, 9.17) is 0 Å². The fraction of sp³-hybridized carbons (Fsp3) is 0.538. The van der Waals surface area contributed by atoms with Crippen LogP contribution in [-0.4, -0.2) is 18.2 Å². The third kappa shape index (κ3) is 2.24. The molecule has 5 heteroatoms. The molecule has 2 rings (SSSR count). The molecule has 0 spiro atoms. The molecule has 1 aliphatic rings. The second kappa shape index (κ2) is 4.90. The second-order valence-corrected chi connectivity index (χ2v) is 4.82. The molecular weight excluding hydrogens is 243 g/mol. The van der Waals surface area contributed by atoms with E-state index in [0.717, 1.165) is 12.1 Å². The zero-order valence-electron chi connectivity index (χ0n) is 10.1. The lowest BCUT2D eigenvalue weighted by Crippen LogP contribution is -2.39. The van der Waals surface area contributed by atoms with Gasteiger partial charge in [0.2, 0.25) is 0 Å². The number of halogens is 3. The molecule has 2 nitrogen and oxygen atoms in total. The van der Waals surface area contributed by atoms with Crippen molar-refractivity contribution >= 4 is 0 Å². The van der Waals surface area contributed by atoms with E-state index in [2.05, 4.69) is 5.32 Å². The highest BCUT2D eigenvalue weighted by molar-refractivity contribution is 5.27. The summed E-state index contributed by atoms with van der Waals surface area (Å²) < 4.78 is 39.7. The number of hydrogen-bond donors (Lipinski definition) is 2. The van der Waals surface area contributed by atoms with Crippen LogP contribution in [0.15, 0.2) is 12.1 Å². The average molecular weight is 259 g/mol. The highest BCUT2D eigenvalue weighted by Gasteiger charge is 2.37. The number of aliphatic hydroxyl groups is 1. The van der Waals surface area contributed by atoms with E-state index in [9.17, 15) is 18.3 Å². The van der Waals surface area contributed by atoms with Gasteiger partial charge < -0.3 is 10.4 Å². The summed E-state index contributed by atoms with van der Waals surface area (Å²) in [4.78, 5) is 0. The van der Waals surface area contributed by atoms with Gasteiger partial charge in [0, 0.05) is 11.6 Å². The van der Waals surface area contributed by atoms with Crippen molar-refractivity contribution in [3.05, 3.63) is 35.1 Å². The van der Waals surface area contributed by atoms with Crippen molar-refractivity contribution in [2.75, 3.05) is 7.05 Å². The predicted molar refractivity (Wildman–Crippen MR) is 61.5 cm³/mol. The first-order valence-corrected chi connectivity index (χ1v) is 6.01. The Balaban J connectivity index is 2.29. The molecule has 0 radical (unpaired) electrons. The lowest BCUT2D eigenvalue weighted by Gasteiger charge is -2.36. The smallest absolute Gasteiger partial charge is 0.194 e. The molecule has 0 unspecified atom stereocenters. The molecule has 0 aromatic heterocycles. The molecule has 1 aliphatic carbocycles. The molecule has 1 aromatic rings. The normalized spacial score (nSPS) is 28.4. The van der Waals surface area contributed by atoms with Gasteiger partial charge in [0.15, 0.2) is 17.5 Å². The van der Waals surface area contributed by atoms with Crippen molar-refractivity contribution in [1.82, 2.24) is 5.32 Å². The van der Waals surface area contributed by atoms with Gasteiger partial charge in [-0.05, 0) is 38.8 Å². The maximum Gasteiger partial charge on any atom is 0.194 e. The highest BCUT2D eigenvalue weighted by atomic mass is 19.2. The molecule has 1 saturated carbocycles. The maximum atomic E-state index is 13.7. The van der Waals surface area contributed by atoms with Crippen molar-refractivity contribution in [1.29, 1.82) is 0 Å². The Morgan fingerprint density at radius 1 is 1.17 bits per heavy atom. The monoisotopic (exact) mass is 259 g/mol. The van der Waals surface area contributed by atoms with Crippen LogP contribution in [0.25, 0.3) is 0 Å². The van der Waals surface area contributed by atoms with Crippen LogP contribution in [0.2, 0.25) is 0 Å². The van der Waals surface area contributed by atoms with Crippen LogP contribution in [0.3, 0.4) is 0 Å². The summed E-state index contributed by atoms with van der Waals surface area (Å²) in [5.41, 5.74) is -1.54. The van der Waals surface area contributed by atoms with Gasteiger partial charge in [-0.1, -0.05) is 6.07 Å². The van der Waals surface area contributed by atoms with Crippen molar-refractivity contribution in [2.24, 2.45) is 0 Å². The first-order chi connectivity index (χ1) is 8.48. The van der Waals surface area contributed by atoms with E-state index >= 15 is 0 Å². The Kier molecular flexibility index (Phi) is 3.64. The molecule has 0 atom stereocenters. The predicted octanol–water partition coefficient (Wildman–Crippen LogP) is 2.45. The van der Waals surface area contributed by atoms with E-state index in [1.165, 1.54) is 0 Å². The summed E-state index contributed by atoms with van der Waals surface area (Å²) in [6.07, 6.45) is 2.01. The minimum absolute atomic E-state index is 0.143. The first-order valence-electron chi connectivity index (χ1n) is 6.01. The fourth-order valence-corrected chi connectivity index (χ4v) is 2.54. The van der Waals surface area contributed by atoms with Gasteiger partial charge in [-0.15, -0.1) is 0 Å². The number of rotatable bonds is 2. The van der Waals surface area contributed by atoms with Crippen molar-refractivity contribution < 1.29 is 18.3 Å². The summed E-state index contributed by atoms with van der Waals surface area (Å²) >= 11 is 0. The lowest BCUT2D eigenvalue weighted by molar-refractivity contribution is -0.0113. The topological polar surface area (TPSA) is 32.3 Å². The Labute approximate surface area is 104 Å². The third-order valence-electron chi connectivity index (χ3n) is 3.76. The Morgan fingerprint density at radius 2 is 1.78 bits per heavy atom. The Hall–Kier alpha value is -1.07. The van der Waals surface area contributed by atoms with Crippen LogP contribution in [-0.2, 0) is 5.60 Å². The van der Waals surface area contributed by atoms with Gasteiger partial charge in [-0.3, -0.25) is 0 Å². The number of nitrogens with one attached hydrogen (secondary N) is 1. The third-order valence-corrected chi connectivity index (χ3v) is 3.76. The molecule has 1 aromatic carbocycles. The highest BCUT2D eigenvalue weighted by Crippen LogP contribution is 2.38. The Morgan fingerprint density at radius 3 is 2.33 bits per heavy atom. The van der Waals surface area contributed by atoms with Crippen molar-refractivity contribution in [3.8, 4) is 0 Å². The van der Waals surface area contributed by atoms with E-state index < -0.39 is 23.1 Å². The maximum absolute atomic E-state index is 13.7. The van der Waals surface area contributed by atoms with Crippen LogP contribution in [0.4, 0.5) is 13.2 Å². The van der Waals surface area contributed by atoms with Gasteiger partial charge in [0.05, 0.1) is 5.60 Å². The van der Waals surface area contributed by atoms with Gasteiger partial charge >= 0.3 is 0 Å². The number of hydrogen-bond acceptors (Lipinski definition) is 2. The summed E-state index contributed by atoms with van der Waals surface area (Å²) in [5, 5.41) is 13.5. The molecule has 100 valence electrons. The van der Waals surface area contributed by atoms with Crippen LogP contribution in [0.5, 0.6) is 0 Å². The lowest BCUT2D eigenvalue weighted by atomic mass is 9.77. The van der Waals surface area contributed by atoms with Crippen LogP contribution < -0.4 is 5.32 Å². The van der Waals surface area contributed by atoms with Crippen molar-refractivity contribution in [2.45, 2.75) is 37.3 Å². The minimum Gasteiger partial charge on any atom is -0.385 e. The van der Waals surface area contributed by atoms with E-state index in [0.29, 0.717) is 25.7 Å². The quantitative estimate of drug-likeness (QED) is 0.800. The first kappa shape index (κ1) is 13.4. The fourth-order valence-electron chi connectivity index (χ4n) is 2.54. The molecule has 0 saturated heterocycles. The average Bonchev–Trinajstić information content (AvgIpc) is 2.37. The molecule has 2 N–H and O–H groups in total. The minimum atomic E-state index is -1.52. The van der Waals surface area contributed by atoms with Crippen molar-refractivity contribution in [3.63, 3.8) is 0 Å². The summed E-state index contributed by atoms with van der Waals surface area (Å²) in [7, 11) is 1.83. The molecule has 0 aliphatic heterocycles. The van der Waals surface area contributed by atoms with E-state index in [1.54, 1.807) is 0 Å². The van der Waals surface area contributed by atoms with Crippen LogP contribution >= 0.6 is 0 Å². The number of benzene rings is 1. The largest absolute Gasteiger partial charge is 0.385 e. The zero-order chi connectivity index (χ0) is 13.3. The molecule has 1 fully saturated rings. The Bertz CT molecular complexity index is 442. The van der Waals surface area contributed by atoms with Gasteiger partial charge in [0.1, 0.15) is 0 Å². The summed E-state index contributed by atoms with van der Waals surface area (Å²) in [6, 6.07) is 2.27. The standard InChI is InChI=1S/C13H16F3NO/c1-17-8-4-6-13(18,7-5-8)9-2-3-10(14)12(16)11(9)15/h2-3,8,17-18H,4-7H2,1H3. The molecule has 0 heterocycles. The molecular formula is C13H16F3NO. The van der Waals surface area contributed by atoms with Gasteiger partial charge in [0.25, 0.3) is 0 Å².